The highest BCUT2D eigenvalue weighted by atomic mass is 32.2. The van der Waals surface area contributed by atoms with Gasteiger partial charge in [0.15, 0.2) is 0 Å². The molecule has 1 heterocycles. The maximum atomic E-state index is 12.6. The molecule has 1 aliphatic rings. The summed E-state index contributed by atoms with van der Waals surface area (Å²) in [6, 6.07) is 4.88. The van der Waals surface area contributed by atoms with E-state index in [1.807, 2.05) is 13.8 Å². The summed E-state index contributed by atoms with van der Waals surface area (Å²) in [5.41, 5.74) is -0.558. The second-order valence-electron chi connectivity index (χ2n) is 5.27. The van der Waals surface area contributed by atoms with Gasteiger partial charge in [0.2, 0.25) is 0 Å². The highest BCUT2D eigenvalue weighted by Gasteiger charge is 2.38. The van der Waals surface area contributed by atoms with Crippen LogP contribution in [0.25, 0.3) is 0 Å². The minimum Gasteiger partial charge on any atom is -0.264 e. The Bertz CT molecular complexity index is 697. The lowest BCUT2D eigenvalue weighted by Gasteiger charge is -2.23. The van der Waals surface area contributed by atoms with E-state index >= 15 is 0 Å². The first kappa shape index (κ1) is 15.4. The molecule has 0 aromatic heterocycles. The number of non-ortho nitro benzene ring substituents is 1. The number of hydrogen-bond donors (Lipinski definition) is 0. The Labute approximate surface area is 123 Å². The summed E-state index contributed by atoms with van der Waals surface area (Å²) in [7, 11) is -3.73. The van der Waals surface area contributed by atoms with Crippen molar-refractivity contribution in [2.75, 3.05) is 6.54 Å². The Kier molecular flexibility index (Phi) is 3.75. The van der Waals surface area contributed by atoms with E-state index in [-0.39, 0.29) is 17.1 Å². The predicted molar refractivity (Wildman–Crippen MR) is 78.8 cm³/mol. The molecule has 0 saturated carbocycles. The number of nitro benzene ring substituents is 1. The molecule has 0 saturated heterocycles. The fraction of sp³-hybridized carbons (Fsp3) is 0.462. The highest BCUT2D eigenvalue weighted by molar-refractivity contribution is 7.89. The van der Waals surface area contributed by atoms with Gasteiger partial charge < -0.3 is 0 Å². The van der Waals surface area contributed by atoms with Crippen molar-refractivity contribution >= 4 is 21.5 Å². The summed E-state index contributed by atoms with van der Waals surface area (Å²) in [5, 5.41) is 10.6. The van der Waals surface area contributed by atoms with Crippen LogP contribution in [-0.4, -0.2) is 35.6 Å². The normalized spacial score (nSPS) is 22.2. The molecule has 8 heteroatoms. The van der Waals surface area contributed by atoms with Crippen molar-refractivity contribution in [2.45, 2.75) is 37.6 Å². The number of nitrogens with zero attached hydrogens (tertiary/aromatic N) is 3. The lowest BCUT2D eigenvalue weighted by molar-refractivity contribution is -0.384. The Morgan fingerprint density at radius 1 is 1.38 bits per heavy atom. The molecule has 1 aromatic rings. The third-order valence-corrected chi connectivity index (χ3v) is 5.52. The monoisotopic (exact) mass is 311 g/mol. The minimum absolute atomic E-state index is 0.0306. The van der Waals surface area contributed by atoms with Crippen molar-refractivity contribution in [1.82, 2.24) is 4.31 Å². The van der Waals surface area contributed by atoms with Crippen LogP contribution in [0.3, 0.4) is 0 Å². The van der Waals surface area contributed by atoms with Gasteiger partial charge in [-0.15, -0.1) is 0 Å². The van der Waals surface area contributed by atoms with Crippen LogP contribution in [0.15, 0.2) is 34.2 Å². The van der Waals surface area contributed by atoms with Gasteiger partial charge in [0.1, 0.15) is 5.84 Å². The van der Waals surface area contributed by atoms with E-state index < -0.39 is 20.5 Å². The first-order chi connectivity index (χ1) is 9.69. The van der Waals surface area contributed by atoms with Crippen molar-refractivity contribution in [1.29, 1.82) is 0 Å². The van der Waals surface area contributed by atoms with Gasteiger partial charge in [0.25, 0.3) is 15.7 Å². The lowest BCUT2D eigenvalue weighted by atomic mass is 10.0. The van der Waals surface area contributed by atoms with Crippen LogP contribution in [0.4, 0.5) is 5.69 Å². The first-order valence-corrected chi connectivity index (χ1v) is 7.97. The number of benzene rings is 1. The van der Waals surface area contributed by atoms with E-state index in [1.54, 1.807) is 6.92 Å². The van der Waals surface area contributed by atoms with E-state index in [1.165, 1.54) is 28.6 Å². The van der Waals surface area contributed by atoms with Crippen LogP contribution in [0.5, 0.6) is 0 Å². The summed E-state index contributed by atoms with van der Waals surface area (Å²) in [6.45, 7) is 5.80. The van der Waals surface area contributed by atoms with Crippen LogP contribution >= 0.6 is 0 Å². The van der Waals surface area contributed by atoms with Crippen molar-refractivity contribution in [3.05, 3.63) is 34.4 Å². The van der Waals surface area contributed by atoms with Gasteiger partial charge in [0, 0.05) is 12.1 Å². The van der Waals surface area contributed by atoms with Crippen LogP contribution in [0.2, 0.25) is 0 Å². The highest BCUT2D eigenvalue weighted by Crippen LogP contribution is 2.29. The fourth-order valence-corrected chi connectivity index (χ4v) is 3.79. The maximum absolute atomic E-state index is 12.6. The number of hydrogen-bond acceptors (Lipinski definition) is 5. The number of sulfonamides is 1. The molecule has 0 N–H and O–H groups in total. The minimum atomic E-state index is -3.73. The molecule has 1 unspecified atom stereocenters. The largest absolute Gasteiger partial charge is 0.269 e. The zero-order valence-electron chi connectivity index (χ0n) is 12.1. The molecule has 0 radical (unpaired) electrons. The molecule has 0 amide bonds. The summed E-state index contributed by atoms with van der Waals surface area (Å²) in [5.74, 6) is 0.442. The molecule has 0 spiro atoms. The van der Waals surface area contributed by atoms with E-state index in [2.05, 4.69) is 4.99 Å². The zero-order valence-corrected chi connectivity index (χ0v) is 12.9. The number of rotatable bonds is 4. The summed E-state index contributed by atoms with van der Waals surface area (Å²) in [4.78, 5) is 14.5. The molecule has 0 fully saturated rings. The van der Waals surface area contributed by atoms with Gasteiger partial charge in [-0.2, -0.15) is 0 Å². The van der Waals surface area contributed by atoms with Gasteiger partial charge in [-0.3, -0.25) is 19.4 Å². The van der Waals surface area contributed by atoms with Crippen LogP contribution in [-0.2, 0) is 10.0 Å². The molecule has 7 nitrogen and oxygen atoms in total. The Morgan fingerprint density at radius 2 is 1.95 bits per heavy atom. The molecule has 114 valence electrons. The van der Waals surface area contributed by atoms with Crippen LogP contribution < -0.4 is 0 Å². The summed E-state index contributed by atoms with van der Waals surface area (Å²) in [6.07, 6.45) is 0.733. The molecule has 1 aliphatic heterocycles. The maximum Gasteiger partial charge on any atom is 0.269 e. The predicted octanol–water partition coefficient (Wildman–Crippen LogP) is 2.19. The van der Waals surface area contributed by atoms with Crippen LogP contribution in [0.1, 0.15) is 27.2 Å². The fourth-order valence-electron chi connectivity index (χ4n) is 2.22. The Balaban J connectivity index is 2.35. The van der Waals surface area contributed by atoms with Gasteiger partial charge in [-0.25, -0.2) is 8.42 Å². The quantitative estimate of drug-likeness (QED) is 0.629. The second-order valence-corrected chi connectivity index (χ2v) is 7.13. The third-order valence-electron chi connectivity index (χ3n) is 3.67. The lowest BCUT2D eigenvalue weighted by Crippen LogP contribution is -2.37. The average Bonchev–Trinajstić information content (AvgIpc) is 2.76. The van der Waals surface area contributed by atoms with Crippen molar-refractivity contribution in [3.63, 3.8) is 0 Å². The number of amidine groups is 1. The van der Waals surface area contributed by atoms with Gasteiger partial charge in [-0.1, -0.05) is 6.92 Å². The molecule has 1 atom stereocenters. The number of aliphatic imine (C=N–C) groups is 1. The molecule has 0 aliphatic carbocycles. The van der Waals surface area contributed by atoms with Crippen molar-refractivity contribution in [2.24, 2.45) is 4.99 Å². The standard InChI is InChI=1S/C13H17N3O4S/c1-4-13(3)9-15(10(2)14-13)21(19,20)12-7-5-11(6-8-12)16(17)18/h5-8H,4,9H2,1-3H3. The molecular weight excluding hydrogens is 294 g/mol. The van der Waals surface area contributed by atoms with Crippen molar-refractivity contribution < 1.29 is 13.3 Å². The second kappa shape index (κ2) is 5.10. The van der Waals surface area contributed by atoms with Gasteiger partial charge in [0.05, 0.1) is 21.9 Å². The smallest absolute Gasteiger partial charge is 0.264 e. The van der Waals surface area contributed by atoms with Crippen molar-refractivity contribution in [3.8, 4) is 0 Å². The SMILES string of the molecule is CCC1(C)CN(S(=O)(=O)c2ccc([N+](=O)[O-])cc2)C(C)=N1. The number of nitro groups is 1. The van der Waals surface area contributed by atoms with Gasteiger partial charge in [-0.05, 0) is 32.4 Å². The summed E-state index contributed by atoms with van der Waals surface area (Å²) >= 11 is 0. The van der Waals surface area contributed by atoms with E-state index in [9.17, 15) is 18.5 Å². The summed E-state index contributed by atoms with van der Waals surface area (Å²) < 4.78 is 26.5. The average molecular weight is 311 g/mol. The molecule has 0 bridgehead atoms. The molecule has 2 rings (SSSR count). The first-order valence-electron chi connectivity index (χ1n) is 6.53. The van der Waals surface area contributed by atoms with Crippen LogP contribution in [0, 0.1) is 10.1 Å². The molecule has 1 aromatic carbocycles. The van der Waals surface area contributed by atoms with Gasteiger partial charge >= 0.3 is 0 Å². The topological polar surface area (TPSA) is 92.9 Å². The Hall–Kier alpha value is -1.96. The van der Waals surface area contributed by atoms with E-state index in [4.69, 9.17) is 0 Å². The Morgan fingerprint density at radius 3 is 2.38 bits per heavy atom. The zero-order chi connectivity index (χ0) is 15.8. The molecule has 21 heavy (non-hydrogen) atoms. The third kappa shape index (κ3) is 2.76. The molecular formula is C13H17N3O4S. The van der Waals surface area contributed by atoms with E-state index in [0.717, 1.165) is 6.42 Å². The van der Waals surface area contributed by atoms with E-state index in [0.29, 0.717) is 5.84 Å².